The maximum Gasteiger partial charge on any atom is 0.300 e. The van der Waals surface area contributed by atoms with E-state index in [9.17, 15) is 0 Å². The van der Waals surface area contributed by atoms with Gasteiger partial charge in [0.05, 0.1) is 11.4 Å². The first-order valence-electron chi connectivity index (χ1n) is 11.1. The van der Waals surface area contributed by atoms with Crippen molar-refractivity contribution in [3.8, 4) is 38.9 Å². The van der Waals surface area contributed by atoms with E-state index in [1.807, 2.05) is 84.2 Å². The molecule has 0 saturated carbocycles. The normalized spacial score (nSPS) is 11.1. The van der Waals surface area contributed by atoms with E-state index < -0.39 is 0 Å². The fraction of sp³-hybridized carbons (Fsp3) is 0. The van der Waals surface area contributed by atoms with Crippen LogP contribution >= 0.6 is 46.1 Å². The highest BCUT2D eigenvalue weighted by molar-refractivity contribution is 7.12. The van der Waals surface area contributed by atoms with E-state index >= 15 is 0 Å². The summed E-state index contributed by atoms with van der Waals surface area (Å²) in [6.07, 6.45) is 1.59. The first-order chi connectivity index (χ1) is 18.0. The summed E-state index contributed by atoms with van der Waals surface area (Å²) in [4.78, 5) is 9.37. The van der Waals surface area contributed by atoms with Gasteiger partial charge in [-0.2, -0.15) is 4.98 Å². The van der Waals surface area contributed by atoms with Gasteiger partial charge in [0, 0.05) is 43.2 Å². The summed E-state index contributed by atoms with van der Waals surface area (Å²) in [7, 11) is 0. The molecule has 37 heavy (non-hydrogen) atoms. The minimum atomic E-state index is 0.318. The van der Waals surface area contributed by atoms with Crippen molar-refractivity contribution in [2.24, 2.45) is 0 Å². The Bertz CT molecular complexity index is 1670. The number of anilines is 2. The van der Waals surface area contributed by atoms with Crippen molar-refractivity contribution in [2.45, 2.75) is 0 Å². The van der Waals surface area contributed by atoms with Gasteiger partial charge >= 0.3 is 6.01 Å². The van der Waals surface area contributed by atoms with Gasteiger partial charge in [0.25, 0.3) is 0 Å². The van der Waals surface area contributed by atoms with Crippen LogP contribution in [0.1, 0.15) is 0 Å². The van der Waals surface area contributed by atoms with Gasteiger partial charge in [-0.05, 0) is 36.4 Å². The van der Waals surface area contributed by atoms with Gasteiger partial charge < -0.3 is 4.42 Å². The molecule has 3 heterocycles. The first-order valence-corrected chi connectivity index (χ1v) is 13.1. The van der Waals surface area contributed by atoms with Gasteiger partial charge in [-0.1, -0.05) is 71.2 Å². The molecule has 0 aliphatic heterocycles. The van der Waals surface area contributed by atoms with Crippen LogP contribution in [0.4, 0.5) is 11.8 Å². The Morgan fingerprint density at radius 2 is 1.27 bits per heavy atom. The first kappa shape index (κ1) is 23.8. The number of hydrogen-bond acceptors (Lipinski definition) is 6. The Morgan fingerprint density at radius 3 is 1.89 bits per heavy atom. The van der Waals surface area contributed by atoms with Crippen LogP contribution in [-0.4, -0.2) is 19.7 Å². The van der Waals surface area contributed by atoms with Crippen molar-refractivity contribution in [3.05, 3.63) is 106 Å². The zero-order chi connectivity index (χ0) is 25.4. The Labute approximate surface area is 231 Å². The Hall–Kier alpha value is -3.62. The number of benzene rings is 3. The molecule has 3 aromatic heterocycles. The number of nitrogens with zero attached hydrogens (tertiary/aromatic N) is 4. The molecule has 0 bridgehead atoms. The number of nitrogens with one attached hydrogen (secondary N) is 1. The molecule has 0 spiro atoms. The predicted octanol–water partition coefficient (Wildman–Crippen LogP) is 9.02. The number of rotatable bonds is 6. The second kappa shape index (κ2) is 10.0. The van der Waals surface area contributed by atoms with Crippen LogP contribution in [-0.2, 0) is 0 Å². The molecule has 0 aliphatic carbocycles. The molecule has 6 nitrogen and oxygen atoms in total. The molecule has 6 aromatic rings. The van der Waals surface area contributed by atoms with Crippen LogP contribution in [0.5, 0.6) is 0 Å². The molecular weight excluding hydrogens is 549 g/mol. The lowest BCUT2D eigenvalue weighted by Crippen LogP contribution is -2.00. The van der Waals surface area contributed by atoms with Crippen LogP contribution in [0.3, 0.4) is 0 Å². The summed E-state index contributed by atoms with van der Waals surface area (Å²) in [5, 5.41) is 12.6. The van der Waals surface area contributed by atoms with Crippen LogP contribution < -0.4 is 5.32 Å². The zero-order valence-corrected chi connectivity index (χ0v) is 22.0. The maximum atomic E-state index is 6.13. The van der Waals surface area contributed by atoms with Crippen LogP contribution in [0.15, 0.2) is 94.9 Å². The van der Waals surface area contributed by atoms with Gasteiger partial charge in [-0.15, -0.1) is 16.4 Å². The van der Waals surface area contributed by atoms with E-state index in [0.717, 1.165) is 28.1 Å². The molecule has 182 valence electrons. The molecule has 0 saturated heterocycles. The van der Waals surface area contributed by atoms with E-state index in [-0.39, 0.29) is 0 Å². The quantitative estimate of drug-likeness (QED) is 0.219. The molecule has 0 aliphatic rings. The number of thiazole rings is 1. The van der Waals surface area contributed by atoms with E-state index in [1.165, 1.54) is 11.3 Å². The standard InChI is InChI=1S/C27H16Cl3N5OS/c28-19-7-1-16(2-8-19)22-14-36-26(31-22)33-25-13-24(18-5-11-21(30)12-6-18)35(34-25)27-32-23(15-37-27)17-3-9-20(29)10-4-17/h1-15H,(H,31,33,34). The lowest BCUT2D eigenvalue weighted by Gasteiger charge is -2.04. The van der Waals surface area contributed by atoms with Crippen molar-refractivity contribution in [2.75, 3.05) is 5.32 Å². The second-order valence-electron chi connectivity index (χ2n) is 8.03. The third-order valence-corrected chi connectivity index (χ3v) is 7.11. The van der Waals surface area contributed by atoms with Gasteiger partial charge in [0.15, 0.2) is 5.82 Å². The number of halogens is 3. The number of hydrogen-bond donors (Lipinski definition) is 1. The Morgan fingerprint density at radius 1 is 0.703 bits per heavy atom. The van der Waals surface area contributed by atoms with Crippen molar-refractivity contribution in [1.82, 2.24) is 19.7 Å². The zero-order valence-electron chi connectivity index (χ0n) is 18.9. The molecule has 0 amide bonds. The highest BCUT2D eigenvalue weighted by Gasteiger charge is 2.17. The highest BCUT2D eigenvalue weighted by Crippen LogP contribution is 2.32. The summed E-state index contributed by atoms with van der Waals surface area (Å²) < 4.78 is 7.45. The smallest absolute Gasteiger partial charge is 0.300 e. The molecule has 0 fully saturated rings. The predicted molar refractivity (Wildman–Crippen MR) is 150 cm³/mol. The van der Waals surface area contributed by atoms with Crippen molar-refractivity contribution >= 4 is 58.0 Å². The molecule has 0 unspecified atom stereocenters. The minimum Gasteiger partial charge on any atom is -0.431 e. The lowest BCUT2D eigenvalue weighted by molar-refractivity contribution is 0.577. The largest absolute Gasteiger partial charge is 0.431 e. The van der Waals surface area contributed by atoms with Gasteiger partial charge in [-0.25, -0.2) is 9.67 Å². The fourth-order valence-corrected chi connectivity index (χ4v) is 4.90. The van der Waals surface area contributed by atoms with Gasteiger partial charge in [0.2, 0.25) is 5.13 Å². The Kier molecular flexibility index (Phi) is 6.44. The third kappa shape index (κ3) is 5.12. The third-order valence-electron chi connectivity index (χ3n) is 5.54. The molecule has 0 radical (unpaired) electrons. The van der Waals surface area contributed by atoms with Gasteiger partial charge in [-0.3, -0.25) is 5.32 Å². The average Bonchev–Trinajstić information content (AvgIpc) is 3.66. The molecular formula is C27H16Cl3N5OS. The van der Waals surface area contributed by atoms with Crippen molar-refractivity contribution in [1.29, 1.82) is 0 Å². The highest BCUT2D eigenvalue weighted by atomic mass is 35.5. The maximum absolute atomic E-state index is 6.13. The average molecular weight is 565 g/mol. The van der Waals surface area contributed by atoms with E-state index in [2.05, 4.69) is 10.3 Å². The molecule has 3 aromatic carbocycles. The van der Waals surface area contributed by atoms with Crippen molar-refractivity contribution < 1.29 is 4.42 Å². The fourth-order valence-electron chi connectivity index (χ4n) is 3.72. The summed E-state index contributed by atoms with van der Waals surface area (Å²) >= 11 is 19.7. The molecule has 1 N–H and O–H groups in total. The molecule has 6 rings (SSSR count). The minimum absolute atomic E-state index is 0.318. The SMILES string of the molecule is Clc1ccc(-c2coc(Nc3cc(-c4ccc(Cl)cc4)n(-c4nc(-c5ccc(Cl)cc5)cs4)n3)n2)cc1. The Balaban J connectivity index is 1.35. The van der Waals surface area contributed by atoms with E-state index in [0.29, 0.717) is 37.7 Å². The van der Waals surface area contributed by atoms with E-state index in [1.54, 1.807) is 10.9 Å². The second-order valence-corrected chi connectivity index (χ2v) is 10.2. The summed E-state index contributed by atoms with van der Waals surface area (Å²) in [6, 6.07) is 24.8. The van der Waals surface area contributed by atoms with Crippen molar-refractivity contribution in [3.63, 3.8) is 0 Å². The number of oxazole rings is 1. The summed E-state index contributed by atoms with van der Waals surface area (Å²) in [5.41, 5.74) is 5.15. The van der Waals surface area contributed by atoms with Crippen LogP contribution in [0.25, 0.3) is 38.9 Å². The lowest BCUT2D eigenvalue weighted by atomic mass is 10.1. The van der Waals surface area contributed by atoms with Crippen LogP contribution in [0, 0.1) is 0 Å². The molecule has 0 atom stereocenters. The summed E-state index contributed by atoms with van der Waals surface area (Å²) in [5.74, 6) is 0.553. The van der Waals surface area contributed by atoms with E-state index in [4.69, 9.17) is 49.3 Å². The monoisotopic (exact) mass is 563 g/mol. The molecule has 10 heteroatoms. The summed E-state index contributed by atoms with van der Waals surface area (Å²) in [6.45, 7) is 0. The topological polar surface area (TPSA) is 68.8 Å². The van der Waals surface area contributed by atoms with Gasteiger partial charge in [0.1, 0.15) is 12.0 Å². The van der Waals surface area contributed by atoms with Crippen LogP contribution in [0.2, 0.25) is 15.1 Å². The number of aromatic nitrogens is 4.